The van der Waals surface area contributed by atoms with E-state index in [1.54, 1.807) is 18.2 Å². The SMILES string of the molecule is Cc1cccc2oc3ccc(O)cc3c12. The first-order chi connectivity index (χ1) is 7.25. The number of phenolic OH excluding ortho intramolecular Hbond substituents is 1. The van der Waals surface area contributed by atoms with Gasteiger partial charge in [-0.2, -0.15) is 0 Å². The molecule has 0 aliphatic carbocycles. The summed E-state index contributed by atoms with van der Waals surface area (Å²) >= 11 is 0. The van der Waals surface area contributed by atoms with E-state index in [1.165, 1.54) is 0 Å². The fraction of sp³-hybridized carbons (Fsp3) is 0.0769. The van der Waals surface area contributed by atoms with Gasteiger partial charge in [0.05, 0.1) is 0 Å². The monoisotopic (exact) mass is 198 g/mol. The highest BCUT2D eigenvalue weighted by molar-refractivity contribution is 6.07. The maximum atomic E-state index is 9.46. The summed E-state index contributed by atoms with van der Waals surface area (Å²) in [5.74, 6) is 0.272. The van der Waals surface area contributed by atoms with Gasteiger partial charge in [-0.1, -0.05) is 12.1 Å². The quantitative estimate of drug-likeness (QED) is 0.598. The molecule has 2 aromatic carbocycles. The van der Waals surface area contributed by atoms with E-state index < -0.39 is 0 Å². The molecule has 0 saturated heterocycles. The van der Waals surface area contributed by atoms with Crippen LogP contribution in [0.25, 0.3) is 21.9 Å². The third kappa shape index (κ3) is 1.11. The highest BCUT2D eigenvalue weighted by Crippen LogP contribution is 2.32. The molecule has 1 heterocycles. The van der Waals surface area contributed by atoms with Crippen molar-refractivity contribution in [3.05, 3.63) is 42.0 Å². The predicted molar refractivity (Wildman–Crippen MR) is 60.1 cm³/mol. The number of fused-ring (bicyclic) bond motifs is 3. The Hall–Kier alpha value is -1.96. The van der Waals surface area contributed by atoms with Crippen LogP contribution in [-0.4, -0.2) is 5.11 Å². The summed E-state index contributed by atoms with van der Waals surface area (Å²) in [7, 11) is 0. The Labute approximate surface area is 86.7 Å². The van der Waals surface area contributed by atoms with Gasteiger partial charge in [-0.15, -0.1) is 0 Å². The van der Waals surface area contributed by atoms with Gasteiger partial charge in [0.2, 0.25) is 0 Å². The van der Waals surface area contributed by atoms with Crippen LogP contribution in [0.15, 0.2) is 40.8 Å². The van der Waals surface area contributed by atoms with E-state index >= 15 is 0 Å². The maximum Gasteiger partial charge on any atom is 0.135 e. The molecule has 1 N–H and O–H groups in total. The Morgan fingerprint density at radius 2 is 1.93 bits per heavy atom. The zero-order valence-electron chi connectivity index (χ0n) is 8.32. The second-order valence-electron chi connectivity index (χ2n) is 3.73. The summed E-state index contributed by atoms with van der Waals surface area (Å²) < 4.78 is 5.68. The molecule has 3 rings (SSSR count). The number of phenols is 1. The lowest BCUT2D eigenvalue weighted by atomic mass is 10.1. The molecule has 74 valence electrons. The minimum absolute atomic E-state index is 0.272. The number of hydrogen-bond acceptors (Lipinski definition) is 2. The molecular weight excluding hydrogens is 188 g/mol. The molecule has 0 atom stereocenters. The van der Waals surface area contributed by atoms with Crippen molar-refractivity contribution in [3.63, 3.8) is 0 Å². The Bertz CT molecular complexity index is 650. The van der Waals surface area contributed by atoms with Crippen molar-refractivity contribution in [1.29, 1.82) is 0 Å². The minimum atomic E-state index is 0.272. The number of aromatic hydroxyl groups is 1. The van der Waals surface area contributed by atoms with Crippen LogP contribution in [0, 0.1) is 6.92 Å². The normalized spacial score (nSPS) is 11.3. The summed E-state index contributed by atoms with van der Waals surface area (Å²) in [6.45, 7) is 2.04. The van der Waals surface area contributed by atoms with Crippen molar-refractivity contribution in [2.45, 2.75) is 6.92 Å². The second kappa shape index (κ2) is 2.76. The topological polar surface area (TPSA) is 33.4 Å². The molecule has 0 unspecified atom stereocenters. The Balaban J connectivity index is 2.61. The molecule has 0 fully saturated rings. The fourth-order valence-corrected chi connectivity index (χ4v) is 1.99. The van der Waals surface area contributed by atoms with Crippen molar-refractivity contribution in [1.82, 2.24) is 0 Å². The van der Waals surface area contributed by atoms with Gasteiger partial charge in [0.25, 0.3) is 0 Å². The first kappa shape index (κ1) is 8.36. The number of aryl methyl sites for hydroxylation is 1. The van der Waals surface area contributed by atoms with Gasteiger partial charge in [-0.3, -0.25) is 0 Å². The van der Waals surface area contributed by atoms with Crippen molar-refractivity contribution in [2.24, 2.45) is 0 Å². The zero-order chi connectivity index (χ0) is 10.4. The molecular formula is C13H10O2. The van der Waals surface area contributed by atoms with E-state index in [0.717, 1.165) is 27.5 Å². The van der Waals surface area contributed by atoms with Crippen LogP contribution in [0.2, 0.25) is 0 Å². The third-order valence-electron chi connectivity index (χ3n) is 2.69. The lowest BCUT2D eigenvalue weighted by Gasteiger charge is -1.94. The molecule has 0 amide bonds. The third-order valence-corrected chi connectivity index (χ3v) is 2.69. The van der Waals surface area contributed by atoms with Gasteiger partial charge in [0.15, 0.2) is 0 Å². The molecule has 0 spiro atoms. The van der Waals surface area contributed by atoms with Gasteiger partial charge in [0.1, 0.15) is 16.9 Å². The van der Waals surface area contributed by atoms with Crippen LogP contribution in [0.3, 0.4) is 0 Å². The van der Waals surface area contributed by atoms with Crippen LogP contribution >= 0.6 is 0 Å². The van der Waals surface area contributed by atoms with Crippen molar-refractivity contribution in [3.8, 4) is 5.75 Å². The molecule has 0 aliphatic heterocycles. The number of hydrogen-bond donors (Lipinski definition) is 1. The van der Waals surface area contributed by atoms with E-state index in [9.17, 15) is 5.11 Å². The highest BCUT2D eigenvalue weighted by atomic mass is 16.3. The molecule has 3 aromatic rings. The van der Waals surface area contributed by atoms with Crippen molar-refractivity contribution >= 4 is 21.9 Å². The van der Waals surface area contributed by atoms with Crippen LogP contribution in [0.5, 0.6) is 5.75 Å². The van der Waals surface area contributed by atoms with Crippen LogP contribution in [-0.2, 0) is 0 Å². The lowest BCUT2D eigenvalue weighted by molar-refractivity contribution is 0.476. The number of furan rings is 1. The Morgan fingerprint density at radius 1 is 1.07 bits per heavy atom. The van der Waals surface area contributed by atoms with E-state index in [4.69, 9.17) is 4.42 Å². The molecule has 0 radical (unpaired) electrons. The average Bonchev–Trinajstić information content (AvgIpc) is 2.57. The van der Waals surface area contributed by atoms with Gasteiger partial charge < -0.3 is 9.52 Å². The maximum absolute atomic E-state index is 9.46. The number of benzene rings is 2. The van der Waals surface area contributed by atoms with Gasteiger partial charge in [-0.25, -0.2) is 0 Å². The fourth-order valence-electron chi connectivity index (χ4n) is 1.99. The van der Waals surface area contributed by atoms with Crippen LogP contribution in [0.4, 0.5) is 0 Å². The largest absolute Gasteiger partial charge is 0.508 e. The van der Waals surface area contributed by atoms with Gasteiger partial charge in [-0.05, 0) is 36.8 Å². The van der Waals surface area contributed by atoms with Crippen LogP contribution < -0.4 is 0 Å². The Kier molecular flexibility index (Phi) is 1.54. The first-order valence-corrected chi connectivity index (χ1v) is 4.86. The lowest BCUT2D eigenvalue weighted by Crippen LogP contribution is -1.72. The molecule has 1 aromatic heterocycles. The number of rotatable bonds is 0. The van der Waals surface area contributed by atoms with Crippen LogP contribution in [0.1, 0.15) is 5.56 Å². The van der Waals surface area contributed by atoms with Crippen molar-refractivity contribution < 1.29 is 9.52 Å². The minimum Gasteiger partial charge on any atom is -0.508 e. The molecule has 0 saturated carbocycles. The summed E-state index contributed by atoms with van der Waals surface area (Å²) in [5.41, 5.74) is 2.85. The highest BCUT2D eigenvalue weighted by Gasteiger charge is 2.08. The molecule has 2 heteroatoms. The Morgan fingerprint density at radius 3 is 2.80 bits per heavy atom. The van der Waals surface area contributed by atoms with E-state index in [2.05, 4.69) is 0 Å². The molecule has 2 nitrogen and oxygen atoms in total. The van der Waals surface area contributed by atoms with Gasteiger partial charge >= 0.3 is 0 Å². The average molecular weight is 198 g/mol. The van der Waals surface area contributed by atoms with Gasteiger partial charge in [0, 0.05) is 10.8 Å². The smallest absolute Gasteiger partial charge is 0.135 e. The second-order valence-corrected chi connectivity index (χ2v) is 3.73. The van der Waals surface area contributed by atoms with Crippen molar-refractivity contribution in [2.75, 3.05) is 0 Å². The molecule has 15 heavy (non-hydrogen) atoms. The predicted octanol–water partition coefficient (Wildman–Crippen LogP) is 3.60. The van der Waals surface area contributed by atoms with E-state index in [0.29, 0.717) is 0 Å². The molecule has 0 aliphatic rings. The summed E-state index contributed by atoms with van der Waals surface area (Å²) in [5, 5.41) is 11.5. The van der Waals surface area contributed by atoms with E-state index in [1.807, 2.05) is 25.1 Å². The first-order valence-electron chi connectivity index (χ1n) is 4.86. The zero-order valence-corrected chi connectivity index (χ0v) is 8.32. The standard InChI is InChI=1S/C13H10O2/c1-8-3-2-4-12-13(8)10-7-9(14)5-6-11(10)15-12/h2-7,14H,1H3. The van der Waals surface area contributed by atoms with E-state index in [-0.39, 0.29) is 5.75 Å². The molecule has 0 bridgehead atoms. The summed E-state index contributed by atoms with van der Waals surface area (Å²) in [6.07, 6.45) is 0. The summed E-state index contributed by atoms with van der Waals surface area (Å²) in [6, 6.07) is 11.1. The summed E-state index contributed by atoms with van der Waals surface area (Å²) in [4.78, 5) is 0.